The van der Waals surface area contributed by atoms with E-state index >= 15 is 0 Å². The molecule has 28 heavy (non-hydrogen) atoms. The molecule has 0 bridgehead atoms. The van der Waals surface area contributed by atoms with E-state index in [1.807, 2.05) is 48.5 Å². The third-order valence-corrected chi connectivity index (χ3v) is 5.12. The second-order valence-electron chi connectivity index (χ2n) is 7.26. The quantitative estimate of drug-likeness (QED) is 0.609. The van der Waals surface area contributed by atoms with E-state index < -0.39 is 0 Å². The third kappa shape index (κ3) is 5.65. The summed E-state index contributed by atoms with van der Waals surface area (Å²) in [4.78, 5) is 25.5. The highest BCUT2D eigenvalue weighted by molar-refractivity contribution is 5.94. The molecule has 1 heterocycles. The molecule has 0 aromatic heterocycles. The van der Waals surface area contributed by atoms with Crippen LogP contribution in [0.15, 0.2) is 48.5 Å². The summed E-state index contributed by atoms with van der Waals surface area (Å²) in [5.74, 6) is -0.0797. The minimum absolute atomic E-state index is 0.0797. The molecule has 1 atom stereocenters. The maximum Gasteiger partial charge on any atom is 0.251 e. The van der Waals surface area contributed by atoms with Crippen LogP contribution in [0.5, 0.6) is 0 Å². The standard InChI is InChI=1S/C22H28N4O2/c23-12-17-6-8-18(9-7-17)13-24-22(28)20-4-1-3-19(11-20)14-26-10-2-5-21(15-26)25-16-27/h1,3-4,6-9,11,16,21H,2,5,10,12-15,23H2,(H,24,28)(H,25,27). The number of benzene rings is 2. The molecule has 1 aliphatic rings. The molecule has 4 N–H and O–H groups in total. The number of piperidine rings is 1. The molecule has 1 unspecified atom stereocenters. The molecule has 6 heteroatoms. The molecule has 0 radical (unpaired) electrons. The molecule has 0 aliphatic carbocycles. The zero-order chi connectivity index (χ0) is 19.8. The predicted molar refractivity (Wildman–Crippen MR) is 109 cm³/mol. The van der Waals surface area contributed by atoms with Crippen LogP contribution in [0, 0.1) is 0 Å². The van der Waals surface area contributed by atoms with Crippen molar-refractivity contribution < 1.29 is 9.59 Å². The van der Waals surface area contributed by atoms with Gasteiger partial charge >= 0.3 is 0 Å². The number of nitrogens with zero attached hydrogens (tertiary/aromatic N) is 1. The van der Waals surface area contributed by atoms with Gasteiger partial charge < -0.3 is 16.4 Å². The number of hydrogen-bond donors (Lipinski definition) is 3. The Labute approximate surface area is 166 Å². The fraction of sp³-hybridized carbons (Fsp3) is 0.364. The highest BCUT2D eigenvalue weighted by atomic mass is 16.1. The Bertz CT molecular complexity index is 791. The number of carbonyl (C=O) groups excluding carboxylic acids is 2. The molecule has 3 rings (SSSR count). The lowest BCUT2D eigenvalue weighted by Gasteiger charge is -2.32. The lowest BCUT2D eigenvalue weighted by Crippen LogP contribution is -2.44. The molecule has 148 valence electrons. The van der Waals surface area contributed by atoms with Crippen LogP contribution < -0.4 is 16.4 Å². The summed E-state index contributed by atoms with van der Waals surface area (Å²) in [7, 11) is 0. The second-order valence-corrected chi connectivity index (χ2v) is 7.26. The van der Waals surface area contributed by atoms with E-state index in [2.05, 4.69) is 15.5 Å². The van der Waals surface area contributed by atoms with Crippen LogP contribution in [0.4, 0.5) is 0 Å². The Morgan fingerprint density at radius 1 is 1.14 bits per heavy atom. The SMILES string of the molecule is NCc1ccc(CNC(=O)c2cccc(CN3CCCC(NC=O)C3)c2)cc1. The van der Waals surface area contributed by atoms with Crippen molar-refractivity contribution in [2.24, 2.45) is 5.73 Å². The summed E-state index contributed by atoms with van der Waals surface area (Å²) in [5.41, 5.74) is 9.50. The second kappa shape index (κ2) is 10.0. The summed E-state index contributed by atoms with van der Waals surface area (Å²) in [6.45, 7) is 3.63. The first-order chi connectivity index (χ1) is 13.7. The average Bonchev–Trinajstić information content (AvgIpc) is 2.73. The highest BCUT2D eigenvalue weighted by Gasteiger charge is 2.19. The van der Waals surface area contributed by atoms with Gasteiger partial charge in [0.15, 0.2) is 0 Å². The molecule has 0 saturated carbocycles. The fourth-order valence-electron chi connectivity index (χ4n) is 3.58. The smallest absolute Gasteiger partial charge is 0.251 e. The number of amides is 2. The Morgan fingerprint density at radius 3 is 2.68 bits per heavy atom. The van der Waals surface area contributed by atoms with Crippen molar-refractivity contribution >= 4 is 12.3 Å². The van der Waals surface area contributed by atoms with E-state index in [1.165, 1.54) is 0 Å². The van der Waals surface area contributed by atoms with Gasteiger partial charge in [0.05, 0.1) is 0 Å². The number of hydrogen-bond acceptors (Lipinski definition) is 4. The molecule has 2 aromatic rings. The highest BCUT2D eigenvalue weighted by Crippen LogP contribution is 2.15. The summed E-state index contributed by atoms with van der Waals surface area (Å²) >= 11 is 0. The number of likely N-dealkylation sites (tertiary alicyclic amines) is 1. The van der Waals surface area contributed by atoms with E-state index in [4.69, 9.17) is 5.73 Å². The van der Waals surface area contributed by atoms with Gasteiger partial charge in [-0.1, -0.05) is 36.4 Å². The molecule has 2 aromatic carbocycles. The normalized spacial score (nSPS) is 17.1. The van der Waals surface area contributed by atoms with Crippen LogP contribution in [0.2, 0.25) is 0 Å². The van der Waals surface area contributed by atoms with Crippen LogP contribution in [-0.2, 0) is 24.4 Å². The monoisotopic (exact) mass is 380 g/mol. The molecular formula is C22H28N4O2. The van der Waals surface area contributed by atoms with Crippen LogP contribution >= 0.6 is 0 Å². The van der Waals surface area contributed by atoms with E-state index in [1.54, 1.807) is 0 Å². The first kappa shape index (κ1) is 20.0. The van der Waals surface area contributed by atoms with E-state index in [0.717, 1.165) is 55.6 Å². The minimum atomic E-state index is -0.0797. The maximum absolute atomic E-state index is 12.5. The number of rotatable bonds is 8. The first-order valence-electron chi connectivity index (χ1n) is 9.75. The van der Waals surface area contributed by atoms with Crippen molar-refractivity contribution in [3.8, 4) is 0 Å². The molecule has 0 spiro atoms. The Hall–Kier alpha value is -2.70. The largest absolute Gasteiger partial charge is 0.355 e. The molecule has 1 fully saturated rings. The van der Waals surface area contributed by atoms with Crippen LogP contribution in [0.1, 0.15) is 39.9 Å². The molecule has 1 saturated heterocycles. The van der Waals surface area contributed by atoms with Crippen molar-refractivity contribution in [3.63, 3.8) is 0 Å². The van der Waals surface area contributed by atoms with Crippen LogP contribution in [0.25, 0.3) is 0 Å². The first-order valence-corrected chi connectivity index (χ1v) is 9.75. The molecule has 1 aliphatic heterocycles. The Morgan fingerprint density at radius 2 is 1.93 bits per heavy atom. The third-order valence-electron chi connectivity index (χ3n) is 5.12. The molecule has 2 amide bonds. The van der Waals surface area contributed by atoms with Gasteiger partial charge in [-0.25, -0.2) is 0 Å². The van der Waals surface area contributed by atoms with E-state index in [9.17, 15) is 9.59 Å². The van der Waals surface area contributed by atoms with Crippen molar-refractivity contribution in [2.45, 2.75) is 38.5 Å². The summed E-state index contributed by atoms with van der Waals surface area (Å²) < 4.78 is 0. The maximum atomic E-state index is 12.5. The van der Waals surface area contributed by atoms with Crippen molar-refractivity contribution in [1.29, 1.82) is 0 Å². The van der Waals surface area contributed by atoms with Gasteiger partial charge in [0.1, 0.15) is 0 Å². The van der Waals surface area contributed by atoms with Gasteiger partial charge in [0, 0.05) is 37.8 Å². The molecule has 6 nitrogen and oxygen atoms in total. The van der Waals surface area contributed by atoms with E-state index in [0.29, 0.717) is 18.7 Å². The zero-order valence-corrected chi connectivity index (χ0v) is 16.1. The molecular weight excluding hydrogens is 352 g/mol. The topological polar surface area (TPSA) is 87.5 Å². The van der Waals surface area contributed by atoms with Crippen molar-refractivity contribution in [1.82, 2.24) is 15.5 Å². The summed E-state index contributed by atoms with van der Waals surface area (Å²) in [5, 5.41) is 5.85. The fourth-order valence-corrected chi connectivity index (χ4v) is 3.58. The Balaban J connectivity index is 1.55. The van der Waals surface area contributed by atoms with Gasteiger partial charge in [-0.15, -0.1) is 0 Å². The number of nitrogens with one attached hydrogen (secondary N) is 2. The Kier molecular flexibility index (Phi) is 7.17. The number of nitrogens with two attached hydrogens (primary N) is 1. The van der Waals surface area contributed by atoms with Crippen molar-refractivity contribution in [2.75, 3.05) is 13.1 Å². The van der Waals surface area contributed by atoms with E-state index in [-0.39, 0.29) is 11.9 Å². The predicted octanol–water partition coefficient (Wildman–Crippen LogP) is 1.79. The number of carbonyl (C=O) groups is 2. The summed E-state index contributed by atoms with van der Waals surface area (Å²) in [6.07, 6.45) is 2.86. The van der Waals surface area contributed by atoms with Gasteiger partial charge in [0.25, 0.3) is 5.91 Å². The van der Waals surface area contributed by atoms with Crippen LogP contribution in [-0.4, -0.2) is 36.3 Å². The average molecular weight is 380 g/mol. The van der Waals surface area contributed by atoms with Gasteiger partial charge in [-0.3, -0.25) is 14.5 Å². The lowest BCUT2D eigenvalue weighted by molar-refractivity contribution is -0.110. The van der Waals surface area contributed by atoms with Crippen molar-refractivity contribution in [3.05, 3.63) is 70.8 Å². The lowest BCUT2D eigenvalue weighted by atomic mass is 10.0. The van der Waals surface area contributed by atoms with Gasteiger partial charge in [0.2, 0.25) is 6.41 Å². The summed E-state index contributed by atoms with van der Waals surface area (Å²) in [6, 6.07) is 15.9. The van der Waals surface area contributed by atoms with Gasteiger partial charge in [-0.05, 0) is 48.2 Å². The minimum Gasteiger partial charge on any atom is -0.355 e. The zero-order valence-electron chi connectivity index (χ0n) is 16.1. The van der Waals surface area contributed by atoms with Crippen LogP contribution in [0.3, 0.4) is 0 Å². The van der Waals surface area contributed by atoms with Gasteiger partial charge in [-0.2, -0.15) is 0 Å².